The van der Waals surface area contributed by atoms with Crippen LogP contribution in [0.1, 0.15) is 18.1 Å². The zero-order valence-corrected chi connectivity index (χ0v) is 15.7. The van der Waals surface area contributed by atoms with Crippen molar-refractivity contribution in [2.45, 2.75) is 19.1 Å². The standard InChI is InChI=1S/C18H23N5O5/c1-21-16-15(17(27)22(2)18(21)28)23(10-20-16)5-3-4-19-9-14(26)11-6-12(24)8-13(25)7-11/h6-8,10,14,19,24-26H,3-5,9H2,1-2H3/t14-/m1/s1. The van der Waals surface area contributed by atoms with Gasteiger partial charge in [-0.25, -0.2) is 9.78 Å². The summed E-state index contributed by atoms with van der Waals surface area (Å²) in [5.74, 6) is -0.228. The third kappa shape index (κ3) is 3.78. The Bertz CT molecular complexity index is 1090. The zero-order chi connectivity index (χ0) is 20.4. The lowest BCUT2D eigenvalue weighted by Crippen LogP contribution is -2.37. The van der Waals surface area contributed by atoms with Gasteiger partial charge in [-0.2, -0.15) is 0 Å². The van der Waals surface area contributed by atoms with Crippen molar-refractivity contribution in [1.29, 1.82) is 0 Å². The summed E-state index contributed by atoms with van der Waals surface area (Å²) in [5, 5.41) is 32.2. The minimum atomic E-state index is -0.881. The van der Waals surface area contributed by atoms with Gasteiger partial charge in [-0.1, -0.05) is 0 Å². The fourth-order valence-electron chi connectivity index (χ4n) is 3.11. The van der Waals surface area contributed by atoms with Crippen LogP contribution >= 0.6 is 0 Å². The Hall–Kier alpha value is -3.11. The highest BCUT2D eigenvalue weighted by Crippen LogP contribution is 2.24. The Morgan fingerprint density at radius 1 is 1.11 bits per heavy atom. The third-order valence-corrected chi connectivity index (χ3v) is 4.62. The number of hydrogen-bond acceptors (Lipinski definition) is 7. The average Bonchev–Trinajstić information content (AvgIpc) is 3.07. The molecule has 0 aliphatic carbocycles. The van der Waals surface area contributed by atoms with E-state index in [-0.39, 0.29) is 23.6 Å². The number of aromatic hydroxyl groups is 2. The molecule has 28 heavy (non-hydrogen) atoms. The topological polar surface area (TPSA) is 135 Å². The molecule has 0 bridgehead atoms. The summed E-state index contributed by atoms with van der Waals surface area (Å²) in [4.78, 5) is 28.5. The van der Waals surface area contributed by atoms with E-state index in [0.717, 1.165) is 4.57 Å². The number of nitrogens with zero attached hydrogens (tertiary/aromatic N) is 4. The Kier molecular flexibility index (Phi) is 5.52. The maximum absolute atomic E-state index is 12.4. The van der Waals surface area contributed by atoms with Gasteiger partial charge in [0.2, 0.25) is 0 Å². The van der Waals surface area contributed by atoms with Gasteiger partial charge in [0.05, 0.1) is 12.4 Å². The molecule has 10 nitrogen and oxygen atoms in total. The van der Waals surface area contributed by atoms with Crippen molar-refractivity contribution >= 4 is 11.2 Å². The van der Waals surface area contributed by atoms with E-state index in [4.69, 9.17) is 0 Å². The number of benzene rings is 1. The normalized spacial score (nSPS) is 12.5. The average molecular weight is 389 g/mol. The molecule has 0 saturated carbocycles. The van der Waals surface area contributed by atoms with Crippen LogP contribution in [0.3, 0.4) is 0 Å². The Morgan fingerprint density at radius 3 is 2.46 bits per heavy atom. The number of rotatable bonds is 7. The highest BCUT2D eigenvalue weighted by Gasteiger charge is 2.14. The van der Waals surface area contributed by atoms with E-state index in [1.807, 2.05) is 0 Å². The molecule has 10 heteroatoms. The first-order valence-corrected chi connectivity index (χ1v) is 8.82. The van der Waals surface area contributed by atoms with Crippen LogP contribution in [0.25, 0.3) is 11.2 Å². The number of nitrogens with one attached hydrogen (secondary N) is 1. The smallest absolute Gasteiger partial charge is 0.332 e. The summed E-state index contributed by atoms with van der Waals surface area (Å²) in [6.45, 7) is 1.32. The minimum absolute atomic E-state index is 0.114. The van der Waals surface area contributed by atoms with E-state index >= 15 is 0 Å². The predicted octanol–water partition coefficient (Wildman–Crippen LogP) is -0.442. The van der Waals surface area contributed by atoms with Crippen LogP contribution in [-0.4, -0.2) is 47.1 Å². The summed E-state index contributed by atoms with van der Waals surface area (Å²) in [6, 6.07) is 3.98. The van der Waals surface area contributed by atoms with Gasteiger partial charge < -0.3 is 25.2 Å². The second kappa shape index (κ2) is 7.87. The molecule has 3 rings (SSSR count). The minimum Gasteiger partial charge on any atom is -0.508 e. The third-order valence-electron chi connectivity index (χ3n) is 4.62. The number of aliphatic hydroxyl groups excluding tert-OH is 1. The van der Waals surface area contributed by atoms with Crippen LogP contribution in [0.2, 0.25) is 0 Å². The summed E-state index contributed by atoms with van der Waals surface area (Å²) < 4.78 is 4.11. The van der Waals surface area contributed by atoms with Crippen LogP contribution in [0.4, 0.5) is 0 Å². The highest BCUT2D eigenvalue weighted by molar-refractivity contribution is 5.69. The summed E-state index contributed by atoms with van der Waals surface area (Å²) >= 11 is 0. The van der Waals surface area contributed by atoms with Crippen molar-refractivity contribution < 1.29 is 15.3 Å². The predicted molar refractivity (Wildman–Crippen MR) is 102 cm³/mol. The monoisotopic (exact) mass is 389 g/mol. The SMILES string of the molecule is Cn1c(=O)c2c(ncn2CCCNC[C@@H](O)c2cc(O)cc(O)c2)n(C)c1=O. The number of aromatic nitrogens is 4. The fourth-order valence-corrected chi connectivity index (χ4v) is 3.11. The second-order valence-electron chi connectivity index (χ2n) is 6.67. The summed E-state index contributed by atoms with van der Waals surface area (Å²) in [6.07, 6.45) is 1.32. The second-order valence-corrected chi connectivity index (χ2v) is 6.67. The first-order valence-electron chi connectivity index (χ1n) is 8.82. The first kappa shape index (κ1) is 19.6. The molecule has 0 amide bonds. The maximum atomic E-state index is 12.4. The van der Waals surface area contributed by atoms with Gasteiger partial charge in [-0.3, -0.25) is 13.9 Å². The number of fused-ring (bicyclic) bond motifs is 1. The van der Waals surface area contributed by atoms with E-state index in [0.29, 0.717) is 36.2 Å². The molecule has 1 aromatic carbocycles. The number of aryl methyl sites for hydroxylation is 2. The fraction of sp³-hybridized carbons (Fsp3) is 0.389. The Labute approximate surface area is 159 Å². The zero-order valence-electron chi connectivity index (χ0n) is 15.7. The van der Waals surface area contributed by atoms with Gasteiger partial charge in [0, 0.05) is 33.3 Å². The van der Waals surface area contributed by atoms with Crippen molar-refractivity contribution in [1.82, 2.24) is 24.0 Å². The molecular weight excluding hydrogens is 366 g/mol. The van der Waals surface area contributed by atoms with Gasteiger partial charge in [0.25, 0.3) is 5.56 Å². The van der Waals surface area contributed by atoms with Gasteiger partial charge in [-0.05, 0) is 30.7 Å². The molecule has 0 spiro atoms. The molecule has 0 saturated heterocycles. The quantitative estimate of drug-likeness (QED) is 0.402. The molecule has 0 fully saturated rings. The van der Waals surface area contributed by atoms with Crippen LogP contribution in [-0.2, 0) is 20.6 Å². The molecule has 2 aromatic heterocycles. The molecule has 0 aliphatic heterocycles. The van der Waals surface area contributed by atoms with Crippen molar-refractivity contribution in [3.05, 3.63) is 50.9 Å². The number of phenolic OH excluding ortho intramolecular Hbond substituents is 2. The van der Waals surface area contributed by atoms with Crippen LogP contribution in [0, 0.1) is 0 Å². The van der Waals surface area contributed by atoms with Gasteiger partial charge in [-0.15, -0.1) is 0 Å². The molecule has 150 valence electrons. The highest BCUT2D eigenvalue weighted by atomic mass is 16.3. The summed E-state index contributed by atoms with van der Waals surface area (Å²) in [7, 11) is 3.01. The summed E-state index contributed by atoms with van der Waals surface area (Å²) in [5.41, 5.74) is 0.328. The number of imidazole rings is 1. The van der Waals surface area contributed by atoms with Crippen molar-refractivity contribution in [3.63, 3.8) is 0 Å². The van der Waals surface area contributed by atoms with Gasteiger partial charge in [0.1, 0.15) is 11.5 Å². The maximum Gasteiger partial charge on any atom is 0.332 e. The van der Waals surface area contributed by atoms with Crippen LogP contribution in [0.5, 0.6) is 11.5 Å². The lowest BCUT2D eigenvalue weighted by atomic mass is 10.1. The molecule has 2 heterocycles. The van der Waals surface area contributed by atoms with E-state index in [1.165, 1.54) is 36.1 Å². The molecule has 0 unspecified atom stereocenters. The van der Waals surface area contributed by atoms with E-state index in [2.05, 4.69) is 10.3 Å². The Morgan fingerprint density at radius 2 is 1.79 bits per heavy atom. The molecule has 0 aliphatic rings. The number of aliphatic hydroxyl groups is 1. The molecule has 1 atom stereocenters. The molecule has 4 N–H and O–H groups in total. The largest absolute Gasteiger partial charge is 0.508 e. The van der Waals surface area contributed by atoms with Crippen LogP contribution < -0.4 is 16.6 Å². The molecule has 0 radical (unpaired) electrons. The van der Waals surface area contributed by atoms with Crippen molar-refractivity contribution in [3.8, 4) is 11.5 Å². The van der Waals surface area contributed by atoms with Gasteiger partial charge in [0.15, 0.2) is 11.2 Å². The van der Waals surface area contributed by atoms with E-state index in [9.17, 15) is 24.9 Å². The van der Waals surface area contributed by atoms with E-state index in [1.54, 1.807) is 11.6 Å². The van der Waals surface area contributed by atoms with E-state index < -0.39 is 11.8 Å². The molecule has 3 aromatic rings. The van der Waals surface area contributed by atoms with Gasteiger partial charge >= 0.3 is 5.69 Å². The molecular formula is C18H23N5O5. The Balaban J connectivity index is 1.59. The lowest BCUT2D eigenvalue weighted by molar-refractivity contribution is 0.174. The van der Waals surface area contributed by atoms with Crippen molar-refractivity contribution in [2.24, 2.45) is 14.1 Å². The van der Waals surface area contributed by atoms with Crippen LogP contribution in [0.15, 0.2) is 34.1 Å². The lowest BCUT2D eigenvalue weighted by Gasteiger charge is -2.13. The van der Waals surface area contributed by atoms with Crippen molar-refractivity contribution in [2.75, 3.05) is 13.1 Å². The number of phenols is 2. The number of hydrogen-bond donors (Lipinski definition) is 4. The first-order chi connectivity index (χ1) is 13.3.